The molecule has 2 atom stereocenters. The van der Waals surface area contributed by atoms with Gasteiger partial charge < -0.3 is 10.1 Å². The molecule has 0 bridgehead atoms. The Hall–Kier alpha value is -2.88. The molecule has 2 aromatic rings. The first kappa shape index (κ1) is 25.4. The predicted octanol–water partition coefficient (Wildman–Crippen LogP) is 6.70. The highest BCUT2D eigenvalue weighted by Crippen LogP contribution is 2.24. The highest BCUT2D eigenvalue weighted by atomic mass is 16.5. The van der Waals surface area contributed by atoms with Gasteiger partial charge >= 0.3 is 0 Å². The number of nitrogens with zero attached hydrogens (tertiary/aromatic N) is 1. The number of allylic oxidation sites excluding steroid dienone is 3. The third-order valence-electron chi connectivity index (χ3n) is 5.73. The van der Waals surface area contributed by atoms with Crippen molar-refractivity contribution in [2.75, 3.05) is 7.11 Å². The zero-order chi connectivity index (χ0) is 23.2. The molecule has 32 heavy (non-hydrogen) atoms. The molecule has 0 saturated carbocycles. The molecule has 0 aliphatic carbocycles. The molecule has 1 aromatic heterocycles. The molecule has 172 valence electrons. The second-order valence-corrected chi connectivity index (χ2v) is 8.41. The normalized spacial score (nSPS) is 13.7. The Labute approximate surface area is 193 Å². The molecule has 1 unspecified atom stereocenters. The van der Waals surface area contributed by atoms with Crippen LogP contribution in [0.2, 0.25) is 0 Å². The number of aromatic nitrogens is 1. The van der Waals surface area contributed by atoms with Gasteiger partial charge in [0, 0.05) is 24.5 Å². The summed E-state index contributed by atoms with van der Waals surface area (Å²) in [5.41, 5.74) is 3.65. The Kier molecular flexibility index (Phi) is 11.3. The molecule has 0 spiro atoms. The molecule has 0 radical (unpaired) electrons. The minimum atomic E-state index is -0.0505. The number of carbonyl (C=O) groups is 1. The second-order valence-electron chi connectivity index (χ2n) is 8.41. The average Bonchev–Trinajstić information content (AvgIpc) is 2.82. The first-order valence-corrected chi connectivity index (χ1v) is 11.8. The van der Waals surface area contributed by atoms with Gasteiger partial charge in [-0.3, -0.25) is 9.78 Å². The molecule has 0 aliphatic rings. The van der Waals surface area contributed by atoms with E-state index in [9.17, 15) is 4.79 Å². The number of rotatable bonds is 13. The van der Waals surface area contributed by atoms with E-state index in [4.69, 9.17) is 4.74 Å². The molecule has 0 aliphatic heterocycles. The van der Waals surface area contributed by atoms with Crippen molar-refractivity contribution in [3.63, 3.8) is 0 Å². The summed E-state index contributed by atoms with van der Waals surface area (Å²) < 4.78 is 5.27. The number of nitrogens with one attached hydrogen (secondary N) is 1. The summed E-state index contributed by atoms with van der Waals surface area (Å²) >= 11 is 0. The van der Waals surface area contributed by atoms with Crippen molar-refractivity contribution in [3.8, 4) is 5.75 Å². The van der Waals surface area contributed by atoms with Crippen molar-refractivity contribution in [1.82, 2.24) is 10.3 Å². The van der Waals surface area contributed by atoms with Crippen molar-refractivity contribution in [2.24, 2.45) is 0 Å². The minimum Gasteiger partial charge on any atom is -0.497 e. The van der Waals surface area contributed by atoms with Crippen molar-refractivity contribution in [1.29, 1.82) is 0 Å². The third-order valence-corrected chi connectivity index (χ3v) is 5.73. The number of hydrogen-bond donors (Lipinski definition) is 1. The molecular weight excluding hydrogens is 396 g/mol. The Morgan fingerprint density at radius 3 is 2.56 bits per heavy atom. The molecule has 1 amide bonds. The van der Waals surface area contributed by atoms with Gasteiger partial charge in [-0.2, -0.15) is 0 Å². The maximum absolute atomic E-state index is 12.4. The lowest BCUT2D eigenvalue weighted by molar-refractivity contribution is -0.117. The largest absolute Gasteiger partial charge is 0.497 e. The zero-order valence-corrected chi connectivity index (χ0v) is 20.0. The fraction of sp³-hybridized carbons (Fsp3) is 0.429. The molecule has 1 heterocycles. The van der Waals surface area contributed by atoms with Crippen LogP contribution in [0.5, 0.6) is 5.75 Å². The quantitative estimate of drug-likeness (QED) is 0.217. The van der Waals surface area contributed by atoms with Crippen LogP contribution in [0.4, 0.5) is 0 Å². The summed E-state index contributed by atoms with van der Waals surface area (Å²) in [6, 6.07) is 12.3. The lowest BCUT2D eigenvalue weighted by Crippen LogP contribution is -2.31. The van der Waals surface area contributed by atoms with Crippen LogP contribution in [0.15, 0.2) is 67.0 Å². The van der Waals surface area contributed by atoms with Crippen LogP contribution in [-0.4, -0.2) is 24.0 Å². The van der Waals surface area contributed by atoms with Gasteiger partial charge in [-0.25, -0.2) is 0 Å². The van der Waals surface area contributed by atoms with E-state index < -0.39 is 0 Å². The van der Waals surface area contributed by atoms with Gasteiger partial charge in [0.05, 0.1) is 7.11 Å². The summed E-state index contributed by atoms with van der Waals surface area (Å²) in [7, 11) is 1.68. The summed E-state index contributed by atoms with van der Waals surface area (Å²) in [5.74, 6) is 1.23. The Morgan fingerprint density at radius 2 is 1.91 bits per heavy atom. The fourth-order valence-corrected chi connectivity index (χ4v) is 3.64. The SMILES string of the molecule is CCCCCC(=CC=CC(=O)N[C@H](C)CCC(C)c1cccnc1)c1ccc(OC)cc1. The lowest BCUT2D eigenvalue weighted by atomic mass is 9.96. The van der Waals surface area contributed by atoms with Crippen molar-refractivity contribution in [2.45, 2.75) is 71.3 Å². The molecular formula is C28H38N2O2. The predicted molar refractivity (Wildman–Crippen MR) is 134 cm³/mol. The van der Waals surface area contributed by atoms with Gasteiger partial charge in [-0.15, -0.1) is 0 Å². The van der Waals surface area contributed by atoms with Gasteiger partial charge in [-0.05, 0) is 73.4 Å². The standard InChI is InChI=1S/C28H38N2O2/c1-5-6-7-10-24(25-16-18-27(32-4)19-17-25)11-8-13-28(31)30-23(3)15-14-22(2)26-12-9-20-29-21-26/h8-9,11-13,16-23H,5-7,10,14-15H2,1-4H3,(H,30,31)/t22?,23-/m1/s1. The first-order valence-electron chi connectivity index (χ1n) is 11.8. The maximum atomic E-state index is 12.4. The zero-order valence-electron chi connectivity index (χ0n) is 20.0. The van der Waals surface area contributed by atoms with Crippen molar-refractivity contribution in [3.05, 3.63) is 78.1 Å². The van der Waals surface area contributed by atoms with Crippen LogP contribution in [0.3, 0.4) is 0 Å². The number of ether oxygens (including phenoxy) is 1. The molecule has 2 rings (SSSR count). The monoisotopic (exact) mass is 434 g/mol. The molecule has 0 fully saturated rings. The highest BCUT2D eigenvalue weighted by molar-refractivity contribution is 5.88. The van der Waals surface area contributed by atoms with Gasteiger partial charge in [-0.1, -0.05) is 57.0 Å². The first-order chi connectivity index (χ1) is 15.5. The number of pyridine rings is 1. The molecule has 1 N–H and O–H groups in total. The van der Waals surface area contributed by atoms with Crippen LogP contribution >= 0.6 is 0 Å². The van der Waals surface area contributed by atoms with Crippen LogP contribution in [0.1, 0.15) is 76.3 Å². The Balaban J connectivity index is 1.89. The van der Waals surface area contributed by atoms with Gasteiger partial charge in [0.2, 0.25) is 5.91 Å². The maximum Gasteiger partial charge on any atom is 0.244 e. The molecule has 4 nitrogen and oxygen atoms in total. The van der Waals surface area contributed by atoms with Gasteiger partial charge in [0.15, 0.2) is 0 Å². The molecule has 1 aromatic carbocycles. The van der Waals surface area contributed by atoms with Gasteiger partial charge in [0.25, 0.3) is 0 Å². The number of carbonyl (C=O) groups excluding carboxylic acids is 1. The van der Waals surface area contributed by atoms with Crippen LogP contribution in [-0.2, 0) is 4.79 Å². The van der Waals surface area contributed by atoms with Crippen LogP contribution in [0, 0.1) is 0 Å². The van der Waals surface area contributed by atoms with Gasteiger partial charge in [0.1, 0.15) is 5.75 Å². The summed E-state index contributed by atoms with van der Waals surface area (Å²) in [6.07, 6.45) is 15.7. The van der Waals surface area contributed by atoms with E-state index in [0.717, 1.165) is 31.4 Å². The van der Waals surface area contributed by atoms with Crippen LogP contribution < -0.4 is 10.1 Å². The number of benzene rings is 1. The van der Waals surface area contributed by atoms with E-state index in [2.05, 4.69) is 55.3 Å². The lowest BCUT2D eigenvalue weighted by Gasteiger charge is -2.16. The van der Waals surface area contributed by atoms with E-state index in [1.165, 1.54) is 29.5 Å². The fourth-order valence-electron chi connectivity index (χ4n) is 3.64. The Morgan fingerprint density at radius 1 is 1.12 bits per heavy atom. The van der Waals surface area contributed by atoms with E-state index in [1.54, 1.807) is 19.4 Å². The number of amides is 1. The third kappa shape index (κ3) is 9.09. The average molecular weight is 435 g/mol. The van der Waals surface area contributed by atoms with Crippen molar-refractivity contribution < 1.29 is 9.53 Å². The summed E-state index contributed by atoms with van der Waals surface area (Å²) in [4.78, 5) is 16.6. The van der Waals surface area contributed by atoms with E-state index in [-0.39, 0.29) is 11.9 Å². The highest BCUT2D eigenvalue weighted by Gasteiger charge is 2.10. The summed E-state index contributed by atoms with van der Waals surface area (Å²) in [6.45, 7) is 6.47. The number of unbranched alkanes of at least 4 members (excludes halogenated alkanes) is 2. The number of hydrogen-bond acceptors (Lipinski definition) is 3. The molecule has 0 saturated heterocycles. The van der Waals surface area contributed by atoms with E-state index >= 15 is 0 Å². The van der Waals surface area contributed by atoms with Crippen LogP contribution in [0.25, 0.3) is 5.57 Å². The second kappa shape index (κ2) is 14.2. The Bertz CT molecular complexity index is 857. The number of methoxy groups -OCH3 is 1. The van der Waals surface area contributed by atoms with E-state index in [1.807, 2.05) is 30.5 Å². The van der Waals surface area contributed by atoms with Crippen molar-refractivity contribution >= 4 is 11.5 Å². The summed E-state index contributed by atoms with van der Waals surface area (Å²) in [5, 5.41) is 3.08. The van der Waals surface area contributed by atoms with E-state index in [0.29, 0.717) is 5.92 Å². The molecule has 4 heteroatoms. The smallest absolute Gasteiger partial charge is 0.244 e. The topological polar surface area (TPSA) is 51.2 Å². The minimum absolute atomic E-state index is 0.0505.